The molecule has 0 aliphatic heterocycles. The topological polar surface area (TPSA) is 43.6 Å². The molecule has 2 aromatic heterocycles. The summed E-state index contributed by atoms with van der Waals surface area (Å²) in [6.07, 6.45) is 4.40. The molecular weight excluding hydrogens is 363 g/mol. The molecule has 96 valence electrons. The van der Waals surface area contributed by atoms with Crippen LogP contribution in [0.1, 0.15) is 32.5 Å². The molecule has 0 amide bonds. The van der Waals surface area contributed by atoms with E-state index in [0.717, 1.165) is 21.4 Å². The second-order valence-electron chi connectivity index (χ2n) is 4.23. The number of nitrogens with zero attached hydrogens (tertiary/aromatic N) is 4. The first kappa shape index (κ1) is 13.7. The Hall–Kier alpha value is -0.690. The van der Waals surface area contributed by atoms with Crippen molar-refractivity contribution in [3.05, 3.63) is 26.9 Å². The van der Waals surface area contributed by atoms with Gasteiger partial charge in [-0.3, -0.25) is 0 Å². The van der Waals surface area contributed by atoms with E-state index in [1.165, 1.54) is 0 Å². The Balaban J connectivity index is 2.57. The predicted molar refractivity (Wildman–Crippen MR) is 80.7 cm³/mol. The van der Waals surface area contributed by atoms with E-state index in [-0.39, 0.29) is 0 Å². The molecule has 0 unspecified atom stereocenters. The number of aromatic nitrogens is 4. The molecule has 0 atom stereocenters. The fourth-order valence-electron chi connectivity index (χ4n) is 1.70. The zero-order chi connectivity index (χ0) is 13.3. The molecule has 2 aromatic rings. The molecule has 0 saturated heterocycles. The smallest absolute Gasteiger partial charge is 0.179 e. The minimum Gasteiger partial charge on any atom is -0.325 e. The van der Waals surface area contributed by atoms with E-state index in [2.05, 4.69) is 58.3 Å². The molecule has 4 nitrogen and oxygen atoms in total. The summed E-state index contributed by atoms with van der Waals surface area (Å²) in [6.45, 7) is 6.25. The van der Waals surface area contributed by atoms with E-state index in [1.807, 2.05) is 4.57 Å². The number of imidazole rings is 1. The molecule has 0 aliphatic rings. The monoisotopic (exact) mass is 376 g/mol. The van der Waals surface area contributed by atoms with Crippen molar-refractivity contribution in [2.75, 3.05) is 0 Å². The van der Waals surface area contributed by atoms with E-state index >= 15 is 0 Å². The van der Waals surface area contributed by atoms with Crippen molar-refractivity contribution in [2.45, 2.75) is 33.2 Å². The van der Waals surface area contributed by atoms with Gasteiger partial charge in [-0.05, 0) is 42.9 Å². The van der Waals surface area contributed by atoms with E-state index in [1.54, 1.807) is 12.5 Å². The summed E-state index contributed by atoms with van der Waals surface area (Å²) < 4.78 is 2.97. The van der Waals surface area contributed by atoms with Gasteiger partial charge in [0.25, 0.3) is 0 Å². The van der Waals surface area contributed by atoms with Gasteiger partial charge in [0.2, 0.25) is 0 Å². The minimum atomic E-state index is 0.314. The highest BCUT2D eigenvalue weighted by atomic mass is 127. The van der Waals surface area contributed by atoms with Crippen molar-refractivity contribution in [3.8, 4) is 11.5 Å². The van der Waals surface area contributed by atoms with Crippen LogP contribution in [-0.2, 0) is 6.42 Å². The first-order valence-corrected chi connectivity index (χ1v) is 7.24. The predicted octanol–water partition coefficient (Wildman–Crippen LogP) is 3.74. The van der Waals surface area contributed by atoms with Crippen LogP contribution < -0.4 is 0 Å². The quantitative estimate of drug-likeness (QED) is 0.605. The van der Waals surface area contributed by atoms with Gasteiger partial charge in [-0.15, -0.1) is 0 Å². The van der Waals surface area contributed by atoms with E-state index in [4.69, 9.17) is 11.6 Å². The van der Waals surface area contributed by atoms with Gasteiger partial charge in [0.05, 0.1) is 21.8 Å². The molecule has 0 spiro atoms. The highest BCUT2D eigenvalue weighted by Gasteiger charge is 2.15. The SMILES string of the molecule is CCc1nc(-c2cncn2C(C)C)nc(Cl)c1I. The molecule has 0 aliphatic carbocycles. The average molecular weight is 377 g/mol. The van der Waals surface area contributed by atoms with Crippen LogP contribution in [0.2, 0.25) is 5.15 Å². The molecule has 0 bridgehead atoms. The molecule has 0 N–H and O–H groups in total. The van der Waals surface area contributed by atoms with Crippen LogP contribution in [0, 0.1) is 3.57 Å². The zero-order valence-electron chi connectivity index (χ0n) is 10.5. The summed E-state index contributed by atoms with van der Waals surface area (Å²) >= 11 is 8.34. The second-order valence-corrected chi connectivity index (χ2v) is 5.67. The number of halogens is 2. The lowest BCUT2D eigenvalue weighted by Gasteiger charge is -2.12. The Morgan fingerprint density at radius 1 is 1.39 bits per heavy atom. The lowest BCUT2D eigenvalue weighted by molar-refractivity contribution is 0.603. The van der Waals surface area contributed by atoms with Gasteiger partial charge in [-0.2, -0.15) is 0 Å². The molecule has 0 aromatic carbocycles. The van der Waals surface area contributed by atoms with Crippen molar-refractivity contribution >= 4 is 34.2 Å². The lowest BCUT2D eigenvalue weighted by atomic mass is 10.3. The Morgan fingerprint density at radius 2 is 2.11 bits per heavy atom. The molecule has 0 saturated carbocycles. The summed E-state index contributed by atoms with van der Waals surface area (Å²) in [7, 11) is 0. The highest BCUT2D eigenvalue weighted by molar-refractivity contribution is 14.1. The van der Waals surface area contributed by atoms with Gasteiger partial charge >= 0.3 is 0 Å². The standard InChI is InChI=1S/C12H14ClIN4/c1-4-8-10(14)11(13)17-12(16-8)9-5-15-6-18(9)7(2)3/h5-7H,4H2,1-3H3. The Morgan fingerprint density at radius 3 is 2.72 bits per heavy atom. The third-order valence-corrected chi connectivity index (χ3v) is 4.39. The van der Waals surface area contributed by atoms with Crippen LogP contribution in [0.15, 0.2) is 12.5 Å². The number of hydrogen-bond donors (Lipinski definition) is 0. The van der Waals surface area contributed by atoms with Gasteiger partial charge in [0.1, 0.15) is 10.8 Å². The van der Waals surface area contributed by atoms with Gasteiger partial charge in [-0.1, -0.05) is 18.5 Å². The van der Waals surface area contributed by atoms with Crippen LogP contribution in [-0.4, -0.2) is 19.5 Å². The molecule has 0 radical (unpaired) electrons. The molecule has 6 heteroatoms. The van der Waals surface area contributed by atoms with Crippen molar-refractivity contribution in [1.82, 2.24) is 19.5 Å². The second kappa shape index (κ2) is 5.52. The van der Waals surface area contributed by atoms with Gasteiger partial charge in [0.15, 0.2) is 5.82 Å². The molecule has 18 heavy (non-hydrogen) atoms. The fraction of sp³-hybridized carbons (Fsp3) is 0.417. The minimum absolute atomic E-state index is 0.314. The lowest BCUT2D eigenvalue weighted by Crippen LogP contribution is -2.05. The zero-order valence-corrected chi connectivity index (χ0v) is 13.4. The van der Waals surface area contributed by atoms with Gasteiger partial charge in [-0.25, -0.2) is 15.0 Å². The summed E-state index contributed by atoms with van der Waals surface area (Å²) in [6, 6.07) is 0.314. The first-order chi connectivity index (χ1) is 8.54. The molecular formula is C12H14ClIN4. The summed E-state index contributed by atoms with van der Waals surface area (Å²) in [5, 5.41) is 0.508. The van der Waals surface area contributed by atoms with Crippen LogP contribution in [0.25, 0.3) is 11.5 Å². The summed E-state index contributed by atoms with van der Waals surface area (Å²) in [4.78, 5) is 13.1. The number of hydrogen-bond acceptors (Lipinski definition) is 3. The van der Waals surface area contributed by atoms with Crippen LogP contribution >= 0.6 is 34.2 Å². The Bertz CT molecular complexity index is 565. The summed E-state index contributed by atoms with van der Waals surface area (Å²) in [5.74, 6) is 0.642. The van der Waals surface area contributed by atoms with E-state index in [0.29, 0.717) is 17.0 Å². The average Bonchev–Trinajstić information content (AvgIpc) is 2.81. The third-order valence-electron chi connectivity index (χ3n) is 2.67. The normalized spacial score (nSPS) is 11.2. The highest BCUT2D eigenvalue weighted by Crippen LogP contribution is 2.25. The Labute approximate surface area is 125 Å². The van der Waals surface area contributed by atoms with E-state index < -0.39 is 0 Å². The molecule has 0 fully saturated rings. The largest absolute Gasteiger partial charge is 0.325 e. The third kappa shape index (κ3) is 2.51. The molecule has 2 heterocycles. The number of aryl methyl sites for hydroxylation is 1. The van der Waals surface area contributed by atoms with Crippen molar-refractivity contribution in [3.63, 3.8) is 0 Å². The van der Waals surface area contributed by atoms with Crippen molar-refractivity contribution < 1.29 is 0 Å². The number of rotatable bonds is 3. The Kier molecular flexibility index (Phi) is 4.21. The van der Waals surface area contributed by atoms with Crippen molar-refractivity contribution in [1.29, 1.82) is 0 Å². The van der Waals surface area contributed by atoms with Crippen LogP contribution in [0.3, 0.4) is 0 Å². The van der Waals surface area contributed by atoms with Crippen molar-refractivity contribution in [2.24, 2.45) is 0 Å². The molecule has 2 rings (SSSR count). The maximum atomic E-state index is 6.16. The van der Waals surface area contributed by atoms with Gasteiger partial charge in [0, 0.05) is 6.04 Å². The maximum Gasteiger partial charge on any atom is 0.179 e. The summed E-state index contributed by atoms with van der Waals surface area (Å²) in [5.41, 5.74) is 1.88. The van der Waals surface area contributed by atoms with Gasteiger partial charge < -0.3 is 4.57 Å². The maximum absolute atomic E-state index is 6.16. The fourth-order valence-corrected chi connectivity index (χ4v) is 2.51. The van der Waals surface area contributed by atoms with E-state index in [9.17, 15) is 0 Å². The van der Waals surface area contributed by atoms with Crippen LogP contribution in [0.5, 0.6) is 0 Å². The van der Waals surface area contributed by atoms with Crippen LogP contribution in [0.4, 0.5) is 0 Å². The first-order valence-electron chi connectivity index (χ1n) is 5.78.